The maximum absolute atomic E-state index is 4.50. The molecule has 142 valence electrons. The first-order valence-electron chi connectivity index (χ1n) is 9.88. The first-order valence-corrected chi connectivity index (χ1v) is 9.88. The lowest BCUT2D eigenvalue weighted by Crippen LogP contribution is -2.33. The first-order chi connectivity index (χ1) is 13.2. The van der Waals surface area contributed by atoms with E-state index in [0.29, 0.717) is 12.5 Å². The molecule has 0 amide bonds. The molecule has 3 heterocycles. The maximum atomic E-state index is 4.50. The summed E-state index contributed by atoms with van der Waals surface area (Å²) in [5.74, 6) is 2.57. The Bertz CT molecular complexity index is 841. The Morgan fingerprint density at radius 3 is 2.41 bits per heavy atom. The molecule has 2 aromatic heterocycles. The number of rotatable bonds is 6. The van der Waals surface area contributed by atoms with E-state index in [1.54, 1.807) is 6.20 Å². The molecule has 0 atom stereocenters. The Morgan fingerprint density at radius 1 is 1.00 bits per heavy atom. The fourth-order valence-electron chi connectivity index (χ4n) is 3.90. The van der Waals surface area contributed by atoms with Gasteiger partial charge in [-0.3, -0.25) is 9.58 Å². The van der Waals surface area contributed by atoms with E-state index in [-0.39, 0.29) is 0 Å². The SMILES string of the molecule is CCc1ccc(CN2CCC(c3nnc(Cn4cccn4)n3C)CC2)cc1. The molecule has 0 spiro atoms. The van der Waals surface area contributed by atoms with Crippen LogP contribution in [0.3, 0.4) is 0 Å². The highest BCUT2D eigenvalue weighted by atomic mass is 15.3. The van der Waals surface area contributed by atoms with Crippen molar-refractivity contribution < 1.29 is 0 Å². The monoisotopic (exact) mass is 364 g/mol. The molecule has 1 fully saturated rings. The molecular formula is C21H28N6. The van der Waals surface area contributed by atoms with Gasteiger partial charge in [-0.2, -0.15) is 5.10 Å². The summed E-state index contributed by atoms with van der Waals surface area (Å²) < 4.78 is 4.05. The summed E-state index contributed by atoms with van der Waals surface area (Å²) in [6, 6.07) is 11.0. The summed E-state index contributed by atoms with van der Waals surface area (Å²) in [6.45, 7) is 6.14. The van der Waals surface area contributed by atoms with Gasteiger partial charge in [-0.1, -0.05) is 31.2 Å². The number of benzene rings is 1. The van der Waals surface area contributed by atoms with Crippen molar-refractivity contribution in [2.75, 3.05) is 13.1 Å². The van der Waals surface area contributed by atoms with E-state index in [4.69, 9.17) is 0 Å². The highest BCUT2D eigenvalue weighted by molar-refractivity contribution is 5.22. The number of likely N-dealkylation sites (tertiary alicyclic amines) is 1. The van der Waals surface area contributed by atoms with Crippen LogP contribution in [0.15, 0.2) is 42.7 Å². The van der Waals surface area contributed by atoms with Gasteiger partial charge >= 0.3 is 0 Å². The van der Waals surface area contributed by atoms with Gasteiger partial charge in [-0.05, 0) is 49.5 Å². The van der Waals surface area contributed by atoms with E-state index in [1.165, 1.54) is 11.1 Å². The Hall–Kier alpha value is -2.47. The molecule has 0 radical (unpaired) electrons. The Balaban J connectivity index is 1.34. The molecule has 0 bridgehead atoms. The Labute approximate surface area is 160 Å². The second kappa shape index (κ2) is 8.05. The molecule has 0 saturated carbocycles. The molecule has 6 nitrogen and oxygen atoms in total. The van der Waals surface area contributed by atoms with E-state index in [2.05, 4.69) is 63.0 Å². The molecule has 27 heavy (non-hydrogen) atoms. The lowest BCUT2D eigenvalue weighted by molar-refractivity contribution is 0.200. The van der Waals surface area contributed by atoms with Crippen LogP contribution >= 0.6 is 0 Å². The highest BCUT2D eigenvalue weighted by Crippen LogP contribution is 2.27. The van der Waals surface area contributed by atoms with Crippen LogP contribution in [-0.4, -0.2) is 42.5 Å². The maximum Gasteiger partial charge on any atom is 0.154 e. The summed E-state index contributed by atoms with van der Waals surface area (Å²) >= 11 is 0. The van der Waals surface area contributed by atoms with Crippen LogP contribution in [0.2, 0.25) is 0 Å². The van der Waals surface area contributed by atoms with Gasteiger partial charge in [0.25, 0.3) is 0 Å². The molecule has 1 aliphatic heterocycles. The second-order valence-electron chi connectivity index (χ2n) is 7.46. The van der Waals surface area contributed by atoms with Crippen LogP contribution in [0.25, 0.3) is 0 Å². The third-order valence-corrected chi connectivity index (χ3v) is 5.65. The third kappa shape index (κ3) is 4.11. The lowest BCUT2D eigenvalue weighted by Gasteiger charge is -2.31. The van der Waals surface area contributed by atoms with Crippen molar-refractivity contribution in [2.24, 2.45) is 7.05 Å². The summed E-state index contributed by atoms with van der Waals surface area (Å²) in [5.41, 5.74) is 2.82. The van der Waals surface area contributed by atoms with Crippen LogP contribution < -0.4 is 0 Å². The molecule has 0 aliphatic carbocycles. The van der Waals surface area contributed by atoms with Crippen molar-refractivity contribution in [3.63, 3.8) is 0 Å². The smallest absolute Gasteiger partial charge is 0.154 e. The molecule has 1 aliphatic rings. The standard InChI is InChI=1S/C21H28N6/c1-3-17-5-7-18(8-6-17)15-26-13-9-19(10-14-26)21-24-23-20(25(21)2)16-27-12-4-11-22-27/h4-8,11-12,19H,3,9-10,13-16H2,1-2H3. The van der Waals surface area contributed by atoms with E-state index >= 15 is 0 Å². The number of aromatic nitrogens is 5. The molecule has 3 aromatic rings. The molecule has 0 N–H and O–H groups in total. The third-order valence-electron chi connectivity index (χ3n) is 5.65. The largest absolute Gasteiger partial charge is 0.316 e. The number of aryl methyl sites for hydroxylation is 1. The van der Waals surface area contributed by atoms with Crippen molar-refractivity contribution in [1.82, 2.24) is 29.4 Å². The van der Waals surface area contributed by atoms with Gasteiger partial charge in [-0.15, -0.1) is 10.2 Å². The fraction of sp³-hybridized carbons (Fsp3) is 0.476. The summed E-state index contributed by atoms with van der Waals surface area (Å²) in [4.78, 5) is 2.55. The predicted molar refractivity (Wildman–Crippen MR) is 105 cm³/mol. The van der Waals surface area contributed by atoms with E-state index < -0.39 is 0 Å². The average molecular weight is 364 g/mol. The normalized spacial score (nSPS) is 16.1. The molecule has 0 unspecified atom stereocenters. The zero-order chi connectivity index (χ0) is 18.6. The first kappa shape index (κ1) is 17.9. The zero-order valence-electron chi connectivity index (χ0n) is 16.3. The van der Waals surface area contributed by atoms with Crippen LogP contribution in [0, 0.1) is 0 Å². The minimum absolute atomic E-state index is 0.493. The lowest BCUT2D eigenvalue weighted by atomic mass is 9.95. The van der Waals surface area contributed by atoms with Crippen molar-refractivity contribution in [2.45, 2.75) is 45.2 Å². The summed E-state index contributed by atoms with van der Waals surface area (Å²) in [6.07, 6.45) is 7.13. The van der Waals surface area contributed by atoms with Gasteiger partial charge in [0.05, 0.1) is 0 Å². The van der Waals surface area contributed by atoms with Crippen molar-refractivity contribution in [3.05, 3.63) is 65.5 Å². The van der Waals surface area contributed by atoms with Gasteiger partial charge in [0.1, 0.15) is 12.4 Å². The van der Waals surface area contributed by atoms with E-state index in [9.17, 15) is 0 Å². The minimum Gasteiger partial charge on any atom is -0.316 e. The van der Waals surface area contributed by atoms with E-state index in [0.717, 1.165) is 50.5 Å². The Morgan fingerprint density at radius 2 is 1.74 bits per heavy atom. The molecular weight excluding hydrogens is 336 g/mol. The molecule has 1 saturated heterocycles. The quantitative estimate of drug-likeness (QED) is 0.675. The minimum atomic E-state index is 0.493. The molecule has 6 heteroatoms. The van der Waals surface area contributed by atoms with Crippen LogP contribution in [-0.2, 0) is 26.6 Å². The number of hydrogen-bond acceptors (Lipinski definition) is 4. The highest BCUT2D eigenvalue weighted by Gasteiger charge is 2.25. The van der Waals surface area contributed by atoms with Gasteiger partial charge in [0.2, 0.25) is 0 Å². The predicted octanol–water partition coefficient (Wildman–Crippen LogP) is 3.00. The van der Waals surface area contributed by atoms with Crippen LogP contribution in [0.1, 0.15) is 48.5 Å². The zero-order valence-corrected chi connectivity index (χ0v) is 16.3. The van der Waals surface area contributed by atoms with E-state index in [1.807, 2.05) is 16.9 Å². The molecule has 1 aromatic carbocycles. The number of nitrogens with zero attached hydrogens (tertiary/aromatic N) is 6. The van der Waals surface area contributed by atoms with Crippen LogP contribution in [0.4, 0.5) is 0 Å². The number of hydrogen-bond donors (Lipinski definition) is 0. The van der Waals surface area contributed by atoms with Gasteiger partial charge in [-0.25, -0.2) is 0 Å². The number of piperidine rings is 1. The fourth-order valence-corrected chi connectivity index (χ4v) is 3.90. The average Bonchev–Trinajstić information content (AvgIpc) is 3.34. The Kier molecular flexibility index (Phi) is 5.34. The van der Waals surface area contributed by atoms with Gasteiger partial charge in [0.15, 0.2) is 5.82 Å². The second-order valence-corrected chi connectivity index (χ2v) is 7.46. The topological polar surface area (TPSA) is 51.8 Å². The summed E-state index contributed by atoms with van der Waals surface area (Å²) in [7, 11) is 2.08. The van der Waals surface area contributed by atoms with Crippen molar-refractivity contribution >= 4 is 0 Å². The van der Waals surface area contributed by atoms with Crippen molar-refractivity contribution in [1.29, 1.82) is 0 Å². The van der Waals surface area contributed by atoms with Crippen molar-refractivity contribution in [3.8, 4) is 0 Å². The summed E-state index contributed by atoms with van der Waals surface area (Å²) in [5, 5.41) is 13.2. The van der Waals surface area contributed by atoms with Gasteiger partial charge < -0.3 is 4.57 Å². The van der Waals surface area contributed by atoms with Gasteiger partial charge in [0, 0.05) is 31.9 Å². The molecule has 4 rings (SSSR count). The van der Waals surface area contributed by atoms with Crippen LogP contribution in [0.5, 0.6) is 0 Å².